The summed E-state index contributed by atoms with van der Waals surface area (Å²) in [6.45, 7) is 2.93. The molecule has 1 rings (SSSR count). The molecule has 1 aromatic rings. The van der Waals surface area contributed by atoms with E-state index in [-0.39, 0.29) is 29.8 Å². The number of carbonyl (C=O) groups excluding carboxylic acids is 3. The molecule has 0 aromatic heterocycles. The van der Waals surface area contributed by atoms with Gasteiger partial charge in [0.2, 0.25) is 5.91 Å². The first-order valence-electron chi connectivity index (χ1n) is 6.40. The summed E-state index contributed by atoms with van der Waals surface area (Å²) in [4.78, 5) is 34.3. The van der Waals surface area contributed by atoms with Crippen LogP contribution in [0.1, 0.15) is 24.2 Å². The van der Waals surface area contributed by atoms with Gasteiger partial charge in [-0.05, 0) is 32.0 Å². The van der Waals surface area contributed by atoms with Gasteiger partial charge in [0.1, 0.15) is 5.75 Å². The number of hydrogen-bond acceptors (Lipinski definition) is 5. The van der Waals surface area contributed by atoms with Gasteiger partial charge >= 0.3 is 5.97 Å². The average molecular weight is 294 g/mol. The minimum atomic E-state index is -0.729. The van der Waals surface area contributed by atoms with Crippen LogP contribution in [0.15, 0.2) is 24.3 Å². The smallest absolute Gasteiger partial charge is 0.338 e. The molecule has 3 N–H and O–H groups in total. The number of amides is 2. The molecule has 0 unspecified atom stereocenters. The first-order valence-corrected chi connectivity index (χ1v) is 6.40. The molecule has 0 radical (unpaired) electrons. The molecule has 0 atom stereocenters. The van der Waals surface area contributed by atoms with Crippen molar-refractivity contribution in [3.05, 3.63) is 29.8 Å². The summed E-state index contributed by atoms with van der Waals surface area (Å²) in [7, 11) is 0. The monoisotopic (exact) mass is 294 g/mol. The van der Waals surface area contributed by atoms with Crippen molar-refractivity contribution in [1.82, 2.24) is 10.6 Å². The van der Waals surface area contributed by atoms with Crippen LogP contribution in [0.2, 0.25) is 0 Å². The molecule has 0 saturated heterocycles. The van der Waals surface area contributed by atoms with Gasteiger partial charge in [-0.3, -0.25) is 9.59 Å². The fraction of sp³-hybridized carbons (Fsp3) is 0.357. The van der Waals surface area contributed by atoms with Crippen molar-refractivity contribution in [3.8, 4) is 5.75 Å². The Kier molecular flexibility index (Phi) is 6.19. The maximum atomic E-state index is 11.6. The van der Waals surface area contributed by atoms with Crippen LogP contribution in [0.25, 0.3) is 0 Å². The molecule has 7 nitrogen and oxygen atoms in total. The number of ether oxygens (including phenoxy) is 1. The highest BCUT2D eigenvalue weighted by Crippen LogP contribution is 2.11. The fourth-order valence-corrected chi connectivity index (χ4v) is 1.45. The van der Waals surface area contributed by atoms with E-state index in [9.17, 15) is 19.5 Å². The summed E-state index contributed by atoms with van der Waals surface area (Å²) in [5.41, 5.74) is 0.139. The lowest BCUT2D eigenvalue weighted by Gasteiger charge is -2.09. The Bertz CT molecular complexity index is 528. The predicted molar refractivity (Wildman–Crippen MR) is 74.7 cm³/mol. The highest BCUT2D eigenvalue weighted by Gasteiger charge is 2.11. The van der Waals surface area contributed by atoms with Crippen LogP contribution in [-0.4, -0.2) is 42.1 Å². The summed E-state index contributed by atoms with van der Waals surface area (Å²) in [5, 5.41) is 14.2. The van der Waals surface area contributed by atoms with Crippen LogP contribution in [0, 0.1) is 0 Å². The van der Waals surface area contributed by atoms with Crippen molar-refractivity contribution in [3.63, 3.8) is 0 Å². The van der Waals surface area contributed by atoms with E-state index >= 15 is 0 Å². The Morgan fingerprint density at radius 2 is 1.95 bits per heavy atom. The SMILES string of the molecule is CC(C)NC(=O)CNC(=O)COC(=O)c1cccc(O)c1. The van der Waals surface area contributed by atoms with Gasteiger partial charge in [0.15, 0.2) is 6.61 Å². The molecule has 0 spiro atoms. The van der Waals surface area contributed by atoms with Gasteiger partial charge in [0, 0.05) is 6.04 Å². The fourth-order valence-electron chi connectivity index (χ4n) is 1.45. The van der Waals surface area contributed by atoms with Crippen molar-refractivity contribution >= 4 is 17.8 Å². The summed E-state index contributed by atoms with van der Waals surface area (Å²) < 4.78 is 4.76. The average Bonchev–Trinajstić information content (AvgIpc) is 2.41. The first-order chi connectivity index (χ1) is 9.88. The van der Waals surface area contributed by atoms with Crippen LogP contribution in [0.5, 0.6) is 5.75 Å². The van der Waals surface area contributed by atoms with Crippen LogP contribution < -0.4 is 10.6 Å². The third-order valence-corrected chi connectivity index (χ3v) is 2.31. The molecule has 0 saturated carbocycles. The minimum absolute atomic E-state index is 0.0158. The molecule has 1 aromatic carbocycles. The molecule has 0 bridgehead atoms. The number of hydrogen-bond donors (Lipinski definition) is 3. The number of phenols is 1. The highest BCUT2D eigenvalue weighted by molar-refractivity contribution is 5.92. The molecular weight excluding hydrogens is 276 g/mol. The van der Waals surface area contributed by atoms with Gasteiger partial charge in [0.25, 0.3) is 5.91 Å². The van der Waals surface area contributed by atoms with E-state index in [0.717, 1.165) is 0 Å². The van der Waals surface area contributed by atoms with Crippen molar-refractivity contribution in [1.29, 1.82) is 0 Å². The van der Waals surface area contributed by atoms with Crippen LogP contribution in [-0.2, 0) is 14.3 Å². The van der Waals surface area contributed by atoms with Crippen molar-refractivity contribution in [2.45, 2.75) is 19.9 Å². The summed E-state index contributed by atoms with van der Waals surface area (Å²) in [6, 6.07) is 5.57. The van der Waals surface area contributed by atoms with E-state index in [1.807, 2.05) is 0 Å². The Labute approximate surface area is 122 Å². The number of aromatic hydroxyl groups is 1. The second-order valence-corrected chi connectivity index (χ2v) is 4.63. The van der Waals surface area contributed by atoms with E-state index in [1.165, 1.54) is 24.3 Å². The van der Waals surface area contributed by atoms with E-state index in [2.05, 4.69) is 10.6 Å². The first kappa shape index (κ1) is 16.5. The standard InChI is InChI=1S/C14H18N2O5/c1-9(2)16-12(18)7-15-13(19)8-21-14(20)10-4-3-5-11(17)6-10/h3-6,9,17H,7-8H2,1-2H3,(H,15,19)(H,16,18). The minimum Gasteiger partial charge on any atom is -0.508 e. The quantitative estimate of drug-likeness (QED) is 0.650. The number of phenolic OH excluding ortho intramolecular Hbond substituents is 1. The van der Waals surface area contributed by atoms with Crippen molar-refractivity contribution in [2.75, 3.05) is 13.2 Å². The third-order valence-electron chi connectivity index (χ3n) is 2.31. The van der Waals surface area contributed by atoms with Gasteiger partial charge in [-0.25, -0.2) is 4.79 Å². The van der Waals surface area contributed by atoms with Crippen LogP contribution in [0.3, 0.4) is 0 Å². The van der Waals surface area contributed by atoms with E-state index in [0.29, 0.717) is 0 Å². The second-order valence-electron chi connectivity index (χ2n) is 4.63. The molecule has 2 amide bonds. The lowest BCUT2D eigenvalue weighted by molar-refractivity contribution is -0.128. The van der Waals surface area contributed by atoms with Crippen molar-refractivity contribution in [2.24, 2.45) is 0 Å². The molecule has 0 fully saturated rings. The number of esters is 1. The number of benzene rings is 1. The molecule has 21 heavy (non-hydrogen) atoms. The highest BCUT2D eigenvalue weighted by atomic mass is 16.5. The zero-order valence-electron chi connectivity index (χ0n) is 11.9. The largest absolute Gasteiger partial charge is 0.508 e. The number of carbonyl (C=O) groups is 3. The van der Waals surface area contributed by atoms with Gasteiger partial charge in [-0.1, -0.05) is 6.07 Å². The van der Waals surface area contributed by atoms with E-state index in [1.54, 1.807) is 13.8 Å². The maximum Gasteiger partial charge on any atom is 0.338 e. The van der Waals surface area contributed by atoms with E-state index in [4.69, 9.17) is 4.74 Å². The zero-order chi connectivity index (χ0) is 15.8. The second kappa shape index (κ2) is 7.88. The Morgan fingerprint density at radius 1 is 1.24 bits per heavy atom. The van der Waals surface area contributed by atoms with E-state index < -0.39 is 18.5 Å². The molecule has 0 heterocycles. The van der Waals surface area contributed by atoms with Gasteiger partial charge < -0.3 is 20.5 Å². The lowest BCUT2D eigenvalue weighted by Crippen LogP contribution is -2.41. The Morgan fingerprint density at radius 3 is 2.57 bits per heavy atom. The van der Waals surface area contributed by atoms with Crippen LogP contribution >= 0.6 is 0 Å². The molecular formula is C14H18N2O5. The number of nitrogens with one attached hydrogen (secondary N) is 2. The summed E-state index contributed by atoms with van der Waals surface area (Å²) in [5.74, 6) is -1.70. The number of rotatable bonds is 6. The Hall–Kier alpha value is -2.57. The van der Waals surface area contributed by atoms with Crippen molar-refractivity contribution < 1.29 is 24.2 Å². The topological polar surface area (TPSA) is 105 Å². The van der Waals surface area contributed by atoms with Gasteiger partial charge in [-0.15, -0.1) is 0 Å². The van der Waals surface area contributed by atoms with Crippen LogP contribution in [0.4, 0.5) is 0 Å². The normalized spacial score (nSPS) is 10.0. The summed E-state index contributed by atoms with van der Waals surface area (Å²) >= 11 is 0. The lowest BCUT2D eigenvalue weighted by atomic mass is 10.2. The molecule has 0 aliphatic rings. The molecule has 0 aliphatic heterocycles. The molecule has 0 aliphatic carbocycles. The third kappa shape index (κ3) is 6.42. The molecule has 7 heteroatoms. The van der Waals surface area contributed by atoms with Gasteiger partial charge in [-0.2, -0.15) is 0 Å². The summed E-state index contributed by atoms with van der Waals surface area (Å²) in [6.07, 6.45) is 0. The molecule has 114 valence electrons. The maximum absolute atomic E-state index is 11.6. The van der Waals surface area contributed by atoms with Gasteiger partial charge in [0.05, 0.1) is 12.1 Å². The predicted octanol–water partition coefficient (Wildman–Crippen LogP) is 0.190. The zero-order valence-corrected chi connectivity index (χ0v) is 11.9. The Balaban J connectivity index is 2.33.